The van der Waals surface area contributed by atoms with Gasteiger partial charge in [-0.3, -0.25) is 4.90 Å². The van der Waals surface area contributed by atoms with Crippen molar-refractivity contribution in [2.45, 2.75) is 6.04 Å². The average Bonchev–Trinajstić information content (AvgIpc) is 2.36. The van der Waals surface area contributed by atoms with Crippen LogP contribution in [0.25, 0.3) is 0 Å². The lowest BCUT2D eigenvalue weighted by molar-refractivity contribution is 0.111. The number of benzene rings is 1. The number of hydrogen-bond donors (Lipinski definition) is 2. The molecule has 2 N–H and O–H groups in total. The second-order valence-electron chi connectivity index (χ2n) is 4.16. The number of piperazine rings is 1. The molecule has 0 spiro atoms. The highest BCUT2D eigenvalue weighted by Crippen LogP contribution is 2.28. The van der Waals surface area contributed by atoms with E-state index in [0.717, 1.165) is 40.7 Å². The van der Waals surface area contributed by atoms with Gasteiger partial charge in [0.15, 0.2) is 0 Å². The van der Waals surface area contributed by atoms with Crippen LogP contribution >= 0.6 is 31.9 Å². The van der Waals surface area contributed by atoms with Crippen LogP contribution in [-0.4, -0.2) is 42.8 Å². The Labute approximate surface area is 118 Å². The molecule has 0 aromatic heterocycles. The van der Waals surface area contributed by atoms with Crippen LogP contribution in [0.1, 0.15) is 11.6 Å². The van der Waals surface area contributed by atoms with Crippen molar-refractivity contribution in [3.05, 3.63) is 32.7 Å². The number of aliphatic hydroxyl groups excluding tert-OH is 1. The van der Waals surface area contributed by atoms with Crippen molar-refractivity contribution < 1.29 is 5.11 Å². The molecule has 0 radical (unpaired) electrons. The summed E-state index contributed by atoms with van der Waals surface area (Å²) in [5, 5.41) is 12.9. The minimum atomic E-state index is 0.0986. The van der Waals surface area contributed by atoms with Crippen LogP contribution in [0.5, 0.6) is 0 Å². The van der Waals surface area contributed by atoms with E-state index in [1.807, 2.05) is 6.07 Å². The number of nitrogens with zero attached hydrogens (tertiary/aromatic N) is 1. The smallest absolute Gasteiger partial charge is 0.0628 e. The van der Waals surface area contributed by atoms with Crippen molar-refractivity contribution in [1.29, 1.82) is 0 Å². The SMILES string of the molecule is OC[C@@H](c1ccc(Br)c(Br)c1)N1CCNCC1. The quantitative estimate of drug-likeness (QED) is 0.863. The minimum absolute atomic E-state index is 0.0986. The van der Waals surface area contributed by atoms with Gasteiger partial charge in [0.2, 0.25) is 0 Å². The summed E-state index contributed by atoms with van der Waals surface area (Å²) in [6.07, 6.45) is 0. The van der Waals surface area contributed by atoms with Crippen LogP contribution in [0, 0.1) is 0 Å². The lowest BCUT2D eigenvalue weighted by Gasteiger charge is -2.34. The fraction of sp³-hybridized carbons (Fsp3) is 0.500. The molecule has 3 nitrogen and oxygen atoms in total. The van der Waals surface area contributed by atoms with Crippen LogP contribution in [0.3, 0.4) is 0 Å². The third-order valence-electron chi connectivity index (χ3n) is 3.09. The van der Waals surface area contributed by atoms with Gasteiger partial charge in [-0.05, 0) is 49.6 Å². The number of rotatable bonds is 3. The first kappa shape index (κ1) is 13.5. The normalized spacial score (nSPS) is 19.2. The zero-order valence-electron chi connectivity index (χ0n) is 9.50. The average molecular weight is 364 g/mol. The maximum atomic E-state index is 9.60. The maximum Gasteiger partial charge on any atom is 0.0628 e. The Bertz CT molecular complexity index is 381. The van der Waals surface area contributed by atoms with Crippen molar-refractivity contribution in [3.63, 3.8) is 0 Å². The van der Waals surface area contributed by atoms with Gasteiger partial charge in [0.05, 0.1) is 12.6 Å². The van der Waals surface area contributed by atoms with Crippen molar-refractivity contribution in [2.75, 3.05) is 32.8 Å². The van der Waals surface area contributed by atoms with Crippen LogP contribution in [0.15, 0.2) is 27.1 Å². The molecular formula is C12H16Br2N2O. The summed E-state index contributed by atoms with van der Waals surface area (Å²) in [4.78, 5) is 2.33. The third-order valence-corrected chi connectivity index (χ3v) is 4.97. The van der Waals surface area contributed by atoms with E-state index in [1.54, 1.807) is 0 Å². The molecule has 94 valence electrons. The van der Waals surface area contributed by atoms with Gasteiger partial charge in [0.1, 0.15) is 0 Å². The second kappa shape index (κ2) is 6.29. The van der Waals surface area contributed by atoms with Crippen LogP contribution in [-0.2, 0) is 0 Å². The van der Waals surface area contributed by atoms with Crippen molar-refractivity contribution in [1.82, 2.24) is 10.2 Å². The summed E-state index contributed by atoms with van der Waals surface area (Å²) in [5.74, 6) is 0. The molecule has 0 saturated carbocycles. The number of hydrogen-bond acceptors (Lipinski definition) is 3. The topological polar surface area (TPSA) is 35.5 Å². The number of aliphatic hydroxyl groups is 1. The van der Waals surface area contributed by atoms with Crippen LogP contribution in [0.2, 0.25) is 0 Å². The van der Waals surface area contributed by atoms with Gasteiger partial charge in [-0.1, -0.05) is 6.07 Å². The Hall–Kier alpha value is 0.0600. The maximum absolute atomic E-state index is 9.60. The standard InChI is InChI=1S/C12H16Br2N2O/c13-10-2-1-9(7-11(10)14)12(8-17)16-5-3-15-4-6-16/h1-2,7,12,15,17H,3-6,8H2/t12-/m0/s1. The van der Waals surface area contributed by atoms with E-state index in [0.29, 0.717) is 0 Å². The van der Waals surface area contributed by atoms with E-state index < -0.39 is 0 Å². The van der Waals surface area contributed by atoms with Gasteiger partial charge >= 0.3 is 0 Å². The minimum Gasteiger partial charge on any atom is -0.394 e. The zero-order valence-corrected chi connectivity index (χ0v) is 12.7. The molecule has 0 amide bonds. The van der Waals surface area contributed by atoms with E-state index in [1.165, 1.54) is 0 Å². The van der Waals surface area contributed by atoms with Gasteiger partial charge in [-0.25, -0.2) is 0 Å². The molecule has 0 bridgehead atoms. The van der Waals surface area contributed by atoms with Crippen molar-refractivity contribution >= 4 is 31.9 Å². The van der Waals surface area contributed by atoms with E-state index in [9.17, 15) is 5.11 Å². The highest BCUT2D eigenvalue weighted by Gasteiger charge is 2.21. The van der Waals surface area contributed by atoms with E-state index in [2.05, 4.69) is 54.2 Å². The van der Waals surface area contributed by atoms with Gasteiger partial charge < -0.3 is 10.4 Å². The van der Waals surface area contributed by atoms with Crippen LogP contribution in [0.4, 0.5) is 0 Å². The molecule has 0 unspecified atom stereocenters. The molecule has 1 saturated heterocycles. The predicted octanol–water partition coefficient (Wildman–Crippen LogP) is 2.15. The lowest BCUT2D eigenvalue weighted by Crippen LogP contribution is -2.46. The van der Waals surface area contributed by atoms with E-state index in [4.69, 9.17) is 0 Å². The molecule has 1 atom stereocenters. The van der Waals surface area contributed by atoms with Crippen LogP contribution < -0.4 is 5.32 Å². The Morgan fingerprint density at radius 1 is 1.24 bits per heavy atom. The molecule has 1 aromatic carbocycles. The Balaban J connectivity index is 2.18. The summed E-state index contributed by atoms with van der Waals surface area (Å²) in [7, 11) is 0. The molecule has 1 aromatic rings. The monoisotopic (exact) mass is 362 g/mol. The summed E-state index contributed by atoms with van der Waals surface area (Å²) in [5.41, 5.74) is 1.16. The van der Waals surface area contributed by atoms with Crippen molar-refractivity contribution in [2.24, 2.45) is 0 Å². The Morgan fingerprint density at radius 2 is 1.94 bits per heavy atom. The fourth-order valence-electron chi connectivity index (χ4n) is 2.15. The van der Waals surface area contributed by atoms with Gasteiger partial charge in [0.25, 0.3) is 0 Å². The van der Waals surface area contributed by atoms with Gasteiger partial charge in [-0.15, -0.1) is 0 Å². The molecule has 5 heteroatoms. The Morgan fingerprint density at radius 3 is 2.53 bits per heavy atom. The molecule has 2 rings (SSSR count). The first-order chi connectivity index (χ1) is 8.22. The first-order valence-electron chi connectivity index (χ1n) is 5.73. The molecule has 1 heterocycles. The van der Waals surface area contributed by atoms with Gasteiger partial charge in [0, 0.05) is 35.1 Å². The van der Waals surface area contributed by atoms with Gasteiger partial charge in [-0.2, -0.15) is 0 Å². The predicted molar refractivity (Wildman–Crippen MR) is 76.1 cm³/mol. The largest absolute Gasteiger partial charge is 0.394 e. The Kier molecular flexibility index (Phi) is 4.99. The third kappa shape index (κ3) is 3.29. The summed E-state index contributed by atoms with van der Waals surface area (Å²) in [6, 6.07) is 6.26. The summed E-state index contributed by atoms with van der Waals surface area (Å²) < 4.78 is 2.07. The molecular weight excluding hydrogens is 348 g/mol. The summed E-state index contributed by atoms with van der Waals surface area (Å²) in [6.45, 7) is 4.12. The highest BCUT2D eigenvalue weighted by atomic mass is 79.9. The van der Waals surface area contributed by atoms with Crippen molar-refractivity contribution in [3.8, 4) is 0 Å². The second-order valence-corrected chi connectivity index (χ2v) is 5.87. The summed E-state index contributed by atoms with van der Waals surface area (Å²) >= 11 is 6.97. The molecule has 1 fully saturated rings. The highest BCUT2D eigenvalue weighted by molar-refractivity contribution is 9.13. The van der Waals surface area contributed by atoms with E-state index >= 15 is 0 Å². The lowest BCUT2D eigenvalue weighted by atomic mass is 10.1. The first-order valence-corrected chi connectivity index (χ1v) is 7.31. The molecule has 17 heavy (non-hydrogen) atoms. The number of nitrogens with one attached hydrogen (secondary N) is 1. The molecule has 1 aliphatic heterocycles. The molecule has 0 aliphatic carbocycles. The number of halogens is 2. The zero-order chi connectivity index (χ0) is 12.3. The fourth-order valence-corrected chi connectivity index (χ4v) is 2.79. The van der Waals surface area contributed by atoms with E-state index in [-0.39, 0.29) is 12.6 Å². The molecule has 1 aliphatic rings.